The average Bonchev–Trinajstić information content (AvgIpc) is 2.55. The summed E-state index contributed by atoms with van der Waals surface area (Å²) in [6, 6.07) is 4.08. The number of hydrogen-bond donors (Lipinski definition) is 0. The summed E-state index contributed by atoms with van der Waals surface area (Å²) in [6.45, 7) is 11.0. The quantitative estimate of drug-likeness (QED) is 0.543. The van der Waals surface area contributed by atoms with E-state index in [0.29, 0.717) is 30.4 Å². The first-order chi connectivity index (χ1) is 12.2. The molecule has 144 valence electrons. The summed E-state index contributed by atoms with van der Waals surface area (Å²) in [5, 5.41) is 0. The smallest absolute Gasteiger partial charge is 0.342 e. The molecular weight excluding hydrogens is 330 g/mol. The zero-order chi connectivity index (χ0) is 19.3. The Morgan fingerprint density at radius 1 is 1.27 bits per heavy atom. The summed E-state index contributed by atoms with van der Waals surface area (Å²) < 4.78 is 16.5. The number of esters is 1. The second-order valence-corrected chi connectivity index (χ2v) is 8.04. The minimum absolute atomic E-state index is 0.260. The van der Waals surface area contributed by atoms with E-state index in [0.717, 1.165) is 24.0 Å². The van der Waals surface area contributed by atoms with Crippen LogP contribution in [-0.2, 0) is 15.9 Å². The van der Waals surface area contributed by atoms with Crippen molar-refractivity contribution in [3.05, 3.63) is 28.8 Å². The number of nitrogens with zero attached hydrogens (tertiary/aromatic N) is 1. The molecule has 0 spiro atoms. The van der Waals surface area contributed by atoms with Crippen molar-refractivity contribution in [3.63, 3.8) is 0 Å². The molecule has 0 saturated heterocycles. The Morgan fingerprint density at radius 2 is 2.00 bits per heavy atom. The molecule has 0 radical (unpaired) electrons. The molecule has 5 heteroatoms. The second-order valence-electron chi connectivity index (χ2n) is 8.04. The first-order valence-corrected chi connectivity index (χ1v) is 9.26. The number of ether oxygens (including phenoxy) is 3. The van der Waals surface area contributed by atoms with E-state index in [1.807, 2.05) is 39.1 Å². The molecule has 1 unspecified atom stereocenters. The molecule has 5 nitrogen and oxygen atoms in total. The Balaban J connectivity index is 2.31. The van der Waals surface area contributed by atoms with Crippen molar-refractivity contribution in [2.24, 2.45) is 10.9 Å². The van der Waals surface area contributed by atoms with Gasteiger partial charge in [-0.15, -0.1) is 0 Å². The third-order valence-corrected chi connectivity index (χ3v) is 4.21. The van der Waals surface area contributed by atoms with Crippen molar-refractivity contribution in [2.45, 2.75) is 59.1 Å². The maximum atomic E-state index is 12.7. The molecule has 0 saturated carbocycles. The highest BCUT2D eigenvalue weighted by Crippen LogP contribution is 2.30. The first-order valence-electron chi connectivity index (χ1n) is 9.26. The Morgan fingerprint density at radius 3 is 2.62 bits per heavy atom. The number of benzene rings is 1. The van der Waals surface area contributed by atoms with Gasteiger partial charge in [0, 0.05) is 26.4 Å². The van der Waals surface area contributed by atoms with Crippen molar-refractivity contribution in [1.29, 1.82) is 0 Å². The van der Waals surface area contributed by atoms with Gasteiger partial charge in [0.1, 0.15) is 16.9 Å². The van der Waals surface area contributed by atoms with E-state index in [-0.39, 0.29) is 12.0 Å². The molecule has 0 fully saturated rings. The van der Waals surface area contributed by atoms with Gasteiger partial charge in [0.25, 0.3) is 0 Å². The fraction of sp³-hybridized carbons (Fsp3) is 0.619. The second kappa shape index (κ2) is 8.67. The van der Waals surface area contributed by atoms with Gasteiger partial charge in [0.15, 0.2) is 0 Å². The monoisotopic (exact) mass is 361 g/mol. The van der Waals surface area contributed by atoms with Gasteiger partial charge in [-0.1, -0.05) is 13.8 Å². The molecule has 26 heavy (non-hydrogen) atoms. The molecule has 0 amide bonds. The van der Waals surface area contributed by atoms with E-state index in [4.69, 9.17) is 14.2 Å². The SMILES string of the molecule is COCCCOc1cc2c(cc1C(=O)OC(C)(C)C)C=NC(C(C)C)C2. The van der Waals surface area contributed by atoms with Gasteiger partial charge in [0.2, 0.25) is 0 Å². The predicted octanol–water partition coefficient (Wildman–Crippen LogP) is 4.06. The van der Waals surface area contributed by atoms with Gasteiger partial charge in [-0.05, 0) is 56.4 Å². The van der Waals surface area contributed by atoms with Crippen LogP contribution in [0, 0.1) is 5.92 Å². The predicted molar refractivity (Wildman–Crippen MR) is 104 cm³/mol. The number of fused-ring (bicyclic) bond motifs is 1. The van der Waals surface area contributed by atoms with Crippen LogP contribution >= 0.6 is 0 Å². The van der Waals surface area contributed by atoms with Crippen LogP contribution in [0.15, 0.2) is 17.1 Å². The van der Waals surface area contributed by atoms with Crippen molar-refractivity contribution < 1.29 is 19.0 Å². The van der Waals surface area contributed by atoms with Crippen molar-refractivity contribution in [1.82, 2.24) is 0 Å². The average molecular weight is 361 g/mol. The van der Waals surface area contributed by atoms with Crippen LogP contribution in [0.2, 0.25) is 0 Å². The van der Waals surface area contributed by atoms with Crippen LogP contribution in [0.1, 0.15) is 62.5 Å². The van der Waals surface area contributed by atoms with E-state index in [1.54, 1.807) is 7.11 Å². The van der Waals surface area contributed by atoms with Crippen LogP contribution in [-0.4, -0.2) is 44.2 Å². The molecule has 1 aliphatic heterocycles. The van der Waals surface area contributed by atoms with Gasteiger partial charge in [-0.25, -0.2) is 4.79 Å². The third-order valence-electron chi connectivity index (χ3n) is 4.21. The van der Waals surface area contributed by atoms with Crippen LogP contribution in [0.3, 0.4) is 0 Å². The fourth-order valence-electron chi connectivity index (χ4n) is 2.79. The lowest BCUT2D eigenvalue weighted by atomic mass is 9.90. The maximum absolute atomic E-state index is 12.7. The van der Waals surface area contributed by atoms with Crippen molar-refractivity contribution >= 4 is 12.2 Å². The van der Waals surface area contributed by atoms with E-state index in [2.05, 4.69) is 18.8 Å². The molecule has 0 bridgehead atoms. The summed E-state index contributed by atoms with van der Waals surface area (Å²) in [5.41, 5.74) is 2.02. The molecule has 1 aliphatic rings. The number of methoxy groups -OCH3 is 1. The van der Waals surface area contributed by atoms with Gasteiger partial charge >= 0.3 is 5.97 Å². The zero-order valence-electron chi connectivity index (χ0n) is 16.8. The van der Waals surface area contributed by atoms with Gasteiger partial charge < -0.3 is 14.2 Å². The summed E-state index contributed by atoms with van der Waals surface area (Å²) in [7, 11) is 1.66. The first kappa shape index (κ1) is 20.4. The number of carbonyl (C=O) groups is 1. The van der Waals surface area contributed by atoms with Crippen molar-refractivity contribution in [3.8, 4) is 5.75 Å². The number of carbonyl (C=O) groups excluding carboxylic acids is 1. The lowest BCUT2D eigenvalue weighted by Crippen LogP contribution is -2.25. The lowest BCUT2D eigenvalue weighted by molar-refractivity contribution is 0.00656. The van der Waals surface area contributed by atoms with Crippen molar-refractivity contribution in [2.75, 3.05) is 20.3 Å². The highest BCUT2D eigenvalue weighted by molar-refractivity contribution is 5.96. The number of rotatable bonds is 7. The van der Waals surface area contributed by atoms with Gasteiger partial charge in [-0.2, -0.15) is 0 Å². The van der Waals surface area contributed by atoms with Gasteiger partial charge in [-0.3, -0.25) is 4.99 Å². The Labute approximate surface area is 156 Å². The van der Waals surface area contributed by atoms with Crippen LogP contribution in [0.5, 0.6) is 5.75 Å². The molecule has 1 aromatic rings. The summed E-state index contributed by atoms with van der Waals surface area (Å²) in [4.78, 5) is 17.3. The minimum Gasteiger partial charge on any atom is -0.493 e. The Bertz CT molecular complexity index is 659. The summed E-state index contributed by atoms with van der Waals surface area (Å²) in [5.74, 6) is 0.671. The van der Waals surface area contributed by atoms with Crippen LogP contribution in [0.4, 0.5) is 0 Å². The molecule has 2 rings (SSSR count). The number of aliphatic imine (C=N–C) groups is 1. The highest BCUT2D eigenvalue weighted by Gasteiger charge is 2.25. The van der Waals surface area contributed by atoms with E-state index in [9.17, 15) is 4.79 Å². The third kappa shape index (κ3) is 5.56. The molecule has 1 heterocycles. The maximum Gasteiger partial charge on any atom is 0.342 e. The fourth-order valence-corrected chi connectivity index (χ4v) is 2.79. The highest BCUT2D eigenvalue weighted by atomic mass is 16.6. The largest absolute Gasteiger partial charge is 0.493 e. The standard InChI is InChI=1S/C21H31NO4/c1-14(2)18-11-15-12-19(25-9-7-8-24-6)17(10-16(15)13-22-18)20(23)26-21(3,4)5/h10,12-14,18H,7-9,11H2,1-6H3. The van der Waals surface area contributed by atoms with E-state index < -0.39 is 5.60 Å². The number of hydrogen-bond acceptors (Lipinski definition) is 5. The Hall–Kier alpha value is -1.88. The van der Waals surface area contributed by atoms with Crippen LogP contribution < -0.4 is 4.74 Å². The summed E-state index contributed by atoms with van der Waals surface area (Å²) in [6.07, 6.45) is 3.48. The Kier molecular flexibility index (Phi) is 6.81. The molecule has 1 aromatic carbocycles. The van der Waals surface area contributed by atoms with E-state index >= 15 is 0 Å². The zero-order valence-corrected chi connectivity index (χ0v) is 16.8. The molecule has 0 aliphatic carbocycles. The normalized spacial score (nSPS) is 16.5. The van der Waals surface area contributed by atoms with Gasteiger partial charge in [0.05, 0.1) is 12.6 Å². The lowest BCUT2D eigenvalue weighted by Gasteiger charge is -2.25. The summed E-state index contributed by atoms with van der Waals surface area (Å²) >= 11 is 0. The molecule has 1 atom stereocenters. The molecule has 0 N–H and O–H groups in total. The minimum atomic E-state index is -0.558. The molecular formula is C21H31NO4. The topological polar surface area (TPSA) is 57.1 Å². The van der Waals surface area contributed by atoms with Crippen LogP contribution in [0.25, 0.3) is 0 Å². The van der Waals surface area contributed by atoms with E-state index in [1.165, 1.54) is 0 Å². The molecule has 0 aromatic heterocycles.